The predicted molar refractivity (Wildman–Crippen MR) is 227 cm³/mol. The average Bonchev–Trinajstić information content (AvgIpc) is 3.75. The van der Waals surface area contributed by atoms with E-state index in [9.17, 15) is 0 Å². The molecule has 0 amide bonds. The molecule has 8 aromatic rings. The van der Waals surface area contributed by atoms with Gasteiger partial charge < -0.3 is 14.9 Å². The molecule has 0 atom stereocenters. The van der Waals surface area contributed by atoms with Crippen molar-refractivity contribution in [3.63, 3.8) is 0 Å². The molecule has 0 nitrogen and oxygen atoms in total. The fourth-order valence-corrected chi connectivity index (χ4v) is 9.14. The SMILES string of the molecule is Cc1ccc(-c2cccc3[cH-]c(C4(c5cc6c(-c7ccc(C)c(-c8ccccc8)c7C)cccc6[cH-]5)CCC4)cc23)c(C)c1-c1ccccc1.[CH3-].[CH3-].[Hf+4]. The Morgan fingerprint density at radius 1 is 0.453 bits per heavy atom. The molecule has 1 saturated carbocycles. The first-order valence-electron chi connectivity index (χ1n) is 18.1. The van der Waals surface area contributed by atoms with Gasteiger partial charge in [0.1, 0.15) is 0 Å². The first-order chi connectivity index (χ1) is 24.4. The van der Waals surface area contributed by atoms with Crippen LogP contribution in [0.25, 0.3) is 66.1 Å². The molecule has 0 saturated heterocycles. The summed E-state index contributed by atoms with van der Waals surface area (Å²) in [6, 6.07) is 54.8. The third-order valence-electron chi connectivity index (χ3n) is 11.9. The van der Waals surface area contributed by atoms with Gasteiger partial charge in [-0.2, -0.15) is 12.1 Å². The third kappa shape index (κ3) is 6.22. The summed E-state index contributed by atoms with van der Waals surface area (Å²) < 4.78 is 0. The molecule has 0 aliphatic heterocycles. The van der Waals surface area contributed by atoms with E-state index in [4.69, 9.17) is 0 Å². The zero-order valence-corrected chi connectivity index (χ0v) is 35.6. The Kier molecular flexibility index (Phi) is 10.8. The molecule has 0 aromatic heterocycles. The fraction of sp³-hybridized carbons (Fsp3) is 0.154. The molecular formula is C52H48Hf. The zero-order chi connectivity index (χ0) is 34.0. The molecule has 0 heterocycles. The Labute approximate surface area is 336 Å². The maximum atomic E-state index is 2.53. The summed E-state index contributed by atoms with van der Waals surface area (Å²) in [5.74, 6) is 0. The van der Waals surface area contributed by atoms with Crippen LogP contribution in [0, 0.1) is 42.5 Å². The van der Waals surface area contributed by atoms with Crippen LogP contribution in [0.4, 0.5) is 0 Å². The van der Waals surface area contributed by atoms with Crippen LogP contribution in [0.3, 0.4) is 0 Å². The minimum absolute atomic E-state index is 0. The van der Waals surface area contributed by atoms with Crippen molar-refractivity contribution in [2.24, 2.45) is 0 Å². The Balaban J connectivity index is 0.00000160. The van der Waals surface area contributed by atoms with Gasteiger partial charge in [0.2, 0.25) is 0 Å². The van der Waals surface area contributed by atoms with E-state index < -0.39 is 0 Å². The number of aryl methyl sites for hydroxylation is 2. The standard InChI is InChI=1S/C50H42.2CH3.Hf/c1-32-22-24-42(34(3)48(32)36-14-7-5-8-15-36)44-20-11-18-38-28-40(30-46(38)44)50(26-13-27-50)41-29-39-19-12-21-45(47(39)31-41)43-25-23-33(2)49(35(43)4)37-16-9-6-10-17-37;;;/h5-12,14-25,28-31H,13,26-27H2,1-4H3;2*1H3;/q-2;2*-1;+4. The van der Waals surface area contributed by atoms with Crippen LogP contribution < -0.4 is 0 Å². The monoisotopic (exact) mass is 852 g/mol. The zero-order valence-electron chi connectivity index (χ0n) is 32.0. The van der Waals surface area contributed by atoms with Gasteiger partial charge in [-0.05, 0) is 102 Å². The summed E-state index contributed by atoms with van der Waals surface area (Å²) in [7, 11) is 0. The van der Waals surface area contributed by atoms with Crippen molar-refractivity contribution in [3.8, 4) is 44.5 Å². The molecule has 0 spiro atoms. The Bertz CT molecular complexity index is 2360. The van der Waals surface area contributed by atoms with Crippen LogP contribution in [0.15, 0.2) is 146 Å². The van der Waals surface area contributed by atoms with Crippen molar-refractivity contribution in [2.45, 2.75) is 52.4 Å². The summed E-state index contributed by atoms with van der Waals surface area (Å²) in [4.78, 5) is 0. The molecule has 1 fully saturated rings. The van der Waals surface area contributed by atoms with Crippen molar-refractivity contribution in [1.82, 2.24) is 0 Å². The van der Waals surface area contributed by atoms with E-state index in [1.807, 2.05) is 0 Å². The molecule has 260 valence electrons. The molecule has 1 aliphatic carbocycles. The van der Waals surface area contributed by atoms with Crippen molar-refractivity contribution in [3.05, 3.63) is 194 Å². The number of fused-ring (bicyclic) bond motifs is 2. The molecule has 9 rings (SSSR count). The second kappa shape index (κ2) is 15.0. The van der Waals surface area contributed by atoms with E-state index >= 15 is 0 Å². The maximum Gasteiger partial charge on any atom is 4.00 e. The average molecular weight is 851 g/mol. The molecule has 1 aliphatic rings. The van der Waals surface area contributed by atoms with E-state index in [2.05, 4.69) is 173 Å². The van der Waals surface area contributed by atoms with Gasteiger partial charge >= 0.3 is 25.8 Å². The molecule has 0 unspecified atom stereocenters. The second-order valence-electron chi connectivity index (χ2n) is 14.6. The number of hydrogen-bond acceptors (Lipinski definition) is 0. The van der Waals surface area contributed by atoms with Gasteiger partial charge in [0.25, 0.3) is 0 Å². The van der Waals surface area contributed by atoms with Crippen LogP contribution in [0.2, 0.25) is 0 Å². The van der Waals surface area contributed by atoms with E-state index in [1.54, 1.807) is 0 Å². The van der Waals surface area contributed by atoms with E-state index in [-0.39, 0.29) is 46.1 Å². The van der Waals surface area contributed by atoms with E-state index in [0.29, 0.717) is 0 Å². The van der Waals surface area contributed by atoms with Gasteiger partial charge in [-0.25, -0.2) is 0 Å². The molecule has 53 heavy (non-hydrogen) atoms. The fourth-order valence-electron chi connectivity index (χ4n) is 9.14. The Morgan fingerprint density at radius 2 is 0.868 bits per heavy atom. The number of rotatable bonds is 6. The van der Waals surface area contributed by atoms with Crippen molar-refractivity contribution < 1.29 is 25.8 Å². The maximum absolute atomic E-state index is 2.53. The Morgan fingerprint density at radius 3 is 1.25 bits per heavy atom. The van der Waals surface area contributed by atoms with Gasteiger partial charge in [-0.1, -0.05) is 115 Å². The molecule has 0 radical (unpaired) electrons. The molecule has 1 heteroatoms. The molecule has 0 N–H and O–H groups in total. The van der Waals surface area contributed by atoms with Crippen molar-refractivity contribution in [1.29, 1.82) is 0 Å². The van der Waals surface area contributed by atoms with Crippen LogP contribution in [0.5, 0.6) is 0 Å². The van der Waals surface area contributed by atoms with Gasteiger partial charge in [-0.15, -0.1) is 69.1 Å². The third-order valence-corrected chi connectivity index (χ3v) is 11.9. The first-order valence-corrected chi connectivity index (χ1v) is 18.1. The van der Waals surface area contributed by atoms with E-state index in [0.717, 1.165) is 0 Å². The summed E-state index contributed by atoms with van der Waals surface area (Å²) >= 11 is 0. The minimum atomic E-state index is 0. The molecule has 0 bridgehead atoms. The van der Waals surface area contributed by atoms with E-state index in [1.165, 1.54) is 119 Å². The van der Waals surface area contributed by atoms with Crippen LogP contribution in [-0.4, -0.2) is 0 Å². The Hall–Kier alpha value is -4.59. The largest absolute Gasteiger partial charge is 4.00 e. The normalized spacial score (nSPS) is 13.1. The predicted octanol–water partition coefficient (Wildman–Crippen LogP) is 14.7. The smallest absolute Gasteiger partial charge is 0.358 e. The van der Waals surface area contributed by atoms with Crippen LogP contribution in [0.1, 0.15) is 52.6 Å². The molecule has 8 aromatic carbocycles. The summed E-state index contributed by atoms with van der Waals surface area (Å²) in [5.41, 5.74) is 18.9. The number of benzene rings is 6. The van der Waals surface area contributed by atoms with Crippen LogP contribution in [-0.2, 0) is 31.3 Å². The van der Waals surface area contributed by atoms with Gasteiger partial charge in [0.15, 0.2) is 0 Å². The quantitative estimate of drug-likeness (QED) is 0.115. The van der Waals surface area contributed by atoms with Crippen molar-refractivity contribution in [2.75, 3.05) is 0 Å². The van der Waals surface area contributed by atoms with Gasteiger partial charge in [0, 0.05) is 0 Å². The van der Waals surface area contributed by atoms with Gasteiger partial charge in [0.05, 0.1) is 0 Å². The topological polar surface area (TPSA) is 0 Å². The second-order valence-corrected chi connectivity index (χ2v) is 14.6. The first kappa shape index (κ1) is 38.1. The summed E-state index contributed by atoms with van der Waals surface area (Å²) in [6.07, 6.45) is 3.64. The molecular weight excluding hydrogens is 803 g/mol. The summed E-state index contributed by atoms with van der Waals surface area (Å²) in [6.45, 7) is 9.06. The summed E-state index contributed by atoms with van der Waals surface area (Å²) in [5, 5.41) is 5.40. The van der Waals surface area contributed by atoms with Crippen molar-refractivity contribution >= 4 is 21.5 Å². The minimum Gasteiger partial charge on any atom is -0.358 e. The van der Waals surface area contributed by atoms with Crippen LogP contribution >= 0.6 is 0 Å². The van der Waals surface area contributed by atoms with Gasteiger partial charge in [-0.3, -0.25) is 0 Å². The number of hydrogen-bond donors (Lipinski definition) is 0.